The highest BCUT2D eigenvalue weighted by Crippen LogP contribution is 2.37. The minimum Gasteiger partial charge on any atom is -0.503 e. The van der Waals surface area contributed by atoms with Crippen molar-refractivity contribution in [1.29, 1.82) is 0 Å². The van der Waals surface area contributed by atoms with Crippen LogP contribution >= 0.6 is 11.3 Å². The van der Waals surface area contributed by atoms with E-state index in [2.05, 4.69) is 10.3 Å². The van der Waals surface area contributed by atoms with E-state index in [1.165, 1.54) is 29.1 Å². The van der Waals surface area contributed by atoms with E-state index >= 15 is 0 Å². The van der Waals surface area contributed by atoms with Gasteiger partial charge in [0.25, 0.3) is 5.91 Å². The molecule has 1 aliphatic carbocycles. The highest BCUT2D eigenvalue weighted by Gasteiger charge is 2.42. The molecule has 3 heterocycles. The third-order valence-corrected chi connectivity index (χ3v) is 7.45. The standard InChI is InChI=1S/C25H24F2N4O4S/c1-2-28-20(32)9-16-11-31(15-5-6-15)25(35)21-23(34)22(33)18(12-30(16)21)24-29-10-17(36-24)7-13-3-4-14(26)8-19(13)27/h3-4,8,10,12,15-16,34H,2,5-7,9,11H2,1H3,(H,28,32). The molecule has 0 saturated heterocycles. The summed E-state index contributed by atoms with van der Waals surface area (Å²) in [5.41, 5.74) is -0.496. The molecule has 0 spiro atoms. The van der Waals surface area contributed by atoms with Crippen LogP contribution in [0.2, 0.25) is 0 Å². The molecule has 1 fully saturated rings. The van der Waals surface area contributed by atoms with Crippen molar-refractivity contribution in [1.82, 2.24) is 19.8 Å². The Kier molecular flexibility index (Phi) is 6.33. The van der Waals surface area contributed by atoms with E-state index < -0.39 is 34.8 Å². The Morgan fingerprint density at radius 2 is 2.06 bits per heavy atom. The summed E-state index contributed by atoms with van der Waals surface area (Å²) < 4.78 is 28.8. The fraction of sp³-hybridized carbons (Fsp3) is 0.360. The molecule has 1 atom stereocenters. The minimum absolute atomic E-state index is 0.0468. The van der Waals surface area contributed by atoms with Crippen LogP contribution in [0.5, 0.6) is 5.75 Å². The molecule has 1 saturated carbocycles. The van der Waals surface area contributed by atoms with E-state index in [4.69, 9.17) is 0 Å². The predicted octanol–water partition coefficient (Wildman–Crippen LogP) is 3.23. The number of carbonyl (C=O) groups is 2. The number of benzene rings is 1. The minimum atomic E-state index is -0.738. The second kappa shape index (κ2) is 9.45. The lowest BCUT2D eigenvalue weighted by atomic mass is 10.0. The molecule has 2 N–H and O–H groups in total. The van der Waals surface area contributed by atoms with E-state index in [1.54, 1.807) is 4.90 Å². The van der Waals surface area contributed by atoms with Crippen LogP contribution in [0, 0.1) is 11.6 Å². The predicted molar refractivity (Wildman–Crippen MR) is 129 cm³/mol. The number of aromatic hydroxyl groups is 1. The van der Waals surface area contributed by atoms with Crippen molar-refractivity contribution in [2.75, 3.05) is 13.1 Å². The fourth-order valence-electron chi connectivity index (χ4n) is 4.52. The summed E-state index contributed by atoms with van der Waals surface area (Å²) >= 11 is 1.14. The molecule has 2 aromatic heterocycles. The van der Waals surface area contributed by atoms with Gasteiger partial charge in [-0.15, -0.1) is 11.3 Å². The van der Waals surface area contributed by atoms with E-state index in [9.17, 15) is 28.3 Å². The van der Waals surface area contributed by atoms with Gasteiger partial charge in [-0.25, -0.2) is 13.8 Å². The molecule has 1 unspecified atom stereocenters. The Balaban J connectivity index is 1.52. The Labute approximate surface area is 209 Å². The van der Waals surface area contributed by atoms with Gasteiger partial charge in [-0.3, -0.25) is 14.4 Å². The van der Waals surface area contributed by atoms with Gasteiger partial charge in [0.05, 0.1) is 11.6 Å². The smallest absolute Gasteiger partial charge is 0.274 e. The number of nitrogens with one attached hydrogen (secondary N) is 1. The monoisotopic (exact) mass is 514 g/mol. The number of halogens is 2. The van der Waals surface area contributed by atoms with Crippen LogP contribution in [-0.2, 0) is 11.2 Å². The lowest BCUT2D eigenvalue weighted by Gasteiger charge is -2.36. The lowest BCUT2D eigenvalue weighted by molar-refractivity contribution is -0.122. The number of pyridine rings is 1. The van der Waals surface area contributed by atoms with Crippen molar-refractivity contribution < 1.29 is 23.5 Å². The molecule has 11 heteroatoms. The van der Waals surface area contributed by atoms with Crippen molar-refractivity contribution in [2.24, 2.45) is 0 Å². The molecule has 2 amide bonds. The first-order valence-corrected chi connectivity index (χ1v) is 12.5. The van der Waals surface area contributed by atoms with Crippen molar-refractivity contribution in [3.63, 3.8) is 0 Å². The largest absolute Gasteiger partial charge is 0.503 e. The number of aromatic nitrogens is 2. The maximum atomic E-state index is 14.1. The van der Waals surface area contributed by atoms with Gasteiger partial charge in [0.2, 0.25) is 11.3 Å². The van der Waals surface area contributed by atoms with Gasteiger partial charge in [0.1, 0.15) is 16.6 Å². The maximum Gasteiger partial charge on any atom is 0.274 e. The summed E-state index contributed by atoms with van der Waals surface area (Å²) in [6, 6.07) is 2.91. The second-order valence-electron chi connectivity index (χ2n) is 9.02. The first-order chi connectivity index (χ1) is 17.3. The summed E-state index contributed by atoms with van der Waals surface area (Å²) in [4.78, 5) is 45.3. The molecule has 36 heavy (non-hydrogen) atoms. The Bertz CT molecular complexity index is 1420. The van der Waals surface area contributed by atoms with Gasteiger partial charge >= 0.3 is 0 Å². The lowest BCUT2D eigenvalue weighted by Crippen LogP contribution is -2.46. The van der Waals surface area contributed by atoms with Crippen LogP contribution < -0.4 is 10.7 Å². The summed E-state index contributed by atoms with van der Waals surface area (Å²) in [6.45, 7) is 2.56. The van der Waals surface area contributed by atoms with Crippen LogP contribution in [0.3, 0.4) is 0 Å². The Morgan fingerprint density at radius 3 is 2.75 bits per heavy atom. The number of carbonyl (C=O) groups excluding carboxylic acids is 2. The van der Waals surface area contributed by atoms with Gasteiger partial charge in [0, 0.05) is 55.3 Å². The molecule has 2 aliphatic rings. The molecule has 0 radical (unpaired) electrons. The molecule has 1 aromatic carbocycles. The van der Waals surface area contributed by atoms with Crippen LogP contribution in [0.1, 0.15) is 53.2 Å². The zero-order valence-electron chi connectivity index (χ0n) is 19.5. The quantitative estimate of drug-likeness (QED) is 0.504. The molecular weight excluding hydrogens is 490 g/mol. The molecule has 0 bridgehead atoms. The number of thiazole rings is 1. The molecule has 3 aromatic rings. The van der Waals surface area contributed by atoms with Gasteiger partial charge < -0.3 is 19.9 Å². The van der Waals surface area contributed by atoms with Crippen molar-refractivity contribution >= 4 is 23.2 Å². The van der Waals surface area contributed by atoms with Crippen LogP contribution in [0.25, 0.3) is 10.6 Å². The highest BCUT2D eigenvalue weighted by molar-refractivity contribution is 7.15. The van der Waals surface area contributed by atoms with E-state index in [0.717, 1.165) is 30.2 Å². The third kappa shape index (κ3) is 4.50. The summed E-state index contributed by atoms with van der Waals surface area (Å²) in [7, 11) is 0. The SMILES string of the molecule is CCNC(=O)CC1CN(C2CC2)C(=O)c2c(O)c(=O)c(-c3ncc(Cc4ccc(F)cc4F)s3)cn21. The first kappa shape index (κ1) is 24.1. The first-order valence-electron chi connectivity index (χ1n) is 11.7. The van der Waals surface area contributed by atoms with E-state index in [0.29, 0.717) is 18.0 Å². The Hall–Kier alpha value is -3.60. The average molecular weight is 515 g/mol. The average Bonchev–Trinajstić information content (AvgIpc) is 3.57. The number of fused-ring (bicyclic) bond motifs is 1. The highest BCUT2D eigenvalue weighted by atomic mass is 32.1. The van der Waals surface area contributed by atoms with Gasteiger partial charge in [-0.2, -0.15) is 0 Å². The number of amides is 2. The van der Waals surface area contributed by atoms with Crippen molar-refractivity contribution in [3.8, 4) is 16.3 Å². The van der Waals surface area contributed by atoms with Crippen molar-refractivity contribution in [2.45, 2.75) is 44.7 Å². The van der Waals surface area contributed by atoms with Gasteiger partial charge in [0.15, 0.2) is 11.4 Å². The maximum absolute atomic E-state index is 14.1. The summed E-state index contributed by atoms with van der Waals surface area (Å²) in [5, 5.41) is 13.9. The number of hydrogen-bond donors (Lipinski definition) is 2. The Morgan fingerprint density at radius 1 is 1.28 bits per heavy atom. The molecule has 1 aliphatic heterocycles. The van der Waals surface area contributed by atoms with Crippen LogP contribution in [0.15, 0.2) is 35.4 Å². The summed E-state index contributed by atoms with van der Waals surface area (Å²) in [5.74, 6) is -2.65. The van der Waals surface area contributed by atoms with E-state index in [-0.39, 0.29) is 46.6 Å². The molecule has 5 rings (SSSR count). The second-order valence-corrected chi connectivity index (χ2v) is 10.1. The fourth-order valence-corrected chi connectivity index (χ4v) is 5.46. The number of nitrogens with zero attached hydrogens (tertiary/aromatic N) is 3. The number of rotatable bonds is 7. The third-order valence-electron chi connectivity index (χ3n) is 6.42. The van der Waals surface area contributed by atoms with Crippen LogP contribution in [-0.4, -0.2) is 50.5 Å². The normalized spacial score (nSPS) is 17.2. The number of hydrogen-bond acceptors (Lipinski definition) is 6. The molecular formula is C25H24F2N4O4S. The van der Waals surface area contributed by atoms with E-state index in [1.807, 2.05) is 6.92 Å². The zero-order chi connectivity index (χ0) is 25.6. The molecule has 188 valence electrons. The zero-order valence-corrected chi connectivity index (χ0v) is 20.3. The van der Waals surface area contributed by atoms with Gasteiger partial charge in [-0.1, -0.05) is 6.07 Å². The summed E-state index contributed by atoms with van der Waals surface area (Å²) in [6.07, 6.45) is 4.89. The van der Waals surface area contributed by atoms with Crippen molar-refractivity contribution in [3.05, 3.63) is 68.6 Å². The molecule has 8 nitrogen and oxygen atoms in total. The van der Waals surface area contributed by atoms with Gasteiger partial charge in [-0.05, 0) is 31.4 Å². The topological polar surface area (TPSA) is 105 Å². The van der Waals surface area contributed by atoms with Crippen LogP contribution in [0.4, 0.5) is 8.78 Å².